The third kappa shape index (κ3) is 3.89. The Morgan fingerprint density at radius 3 is 2.13 bits per heavy atom. The van der Waals surface area contributed by atoms with Crippen LogP contribution in [-0.2, 0) is 18.6 Å². The molecule has 0 aliphatic heterocycles. The van der Waals surface area contributed by atoms with Crippen molar-refractivity contribution in [3.63, 3.8) is 0 Å². The summed E-state index contributed by atoms with van der Waals surface area (Å²) < 4.78 is 46.9. The second-order valence-corrected chi connectivity index (χ2v) is 11.2. The van der Waals surface area contributed by atoms with Crippen LogP contribution in [0.4, 0.5) is 13.2 Å². The van der Waals surface area contributed by atoms with Crippen LogP contribution in [0.3, 0.4) is 0 Å². The number of para-hydroxylation sites is 1. The fourth-order valence-corrected chi connectivity index (χ4v) is 5.82. The van der Waals surface area contributed by atoms with Gasteiger partial charge in [0, 0.05) is 11.3 Å². The van der Waals surface area contributed by atoms with Crippen LogP contribution in [0.15, 0.2) is 85.2 Å². The quantitative estimate of drug-likeness (QED) is 0.208. The van der Waals surface area contributed by atoms with Crippen LogP contribution in [0.5, 0.6) is 0 Å². The van der Waals surface area contributed by atoms with Crippen LogP contribution in [0.25, 0.3) is 49.7 Å². The van der Waals surface area contributed by atoms with Crippen molar-refractivity contribution in [1.82, 2.24) is 9.55 Å². The van der Waals surface area contributed by atoms with Gasteiger partial charge in [-0.3, -0.25) is 0 Å². The lowest BCUT2D eigenvalue weighted by molar-refractivity contribution is -0.662. The van der Waals surface area contributed by atoms with Gasteiger partial charge in [-0.25, -0.2) is 4.57 Å². The zero-order valence-corrected chi connectivity index (χ0v) is 22.6. The fourth-order valence-electron chi connectivity index (χ4n) is 5.82. The molecule has 0 N–H and O–H groups in total. The maximum Gasteiger partial charge on any atom is 0.417 e. The Morgan fingerprint density at radius 2 is 1.46 bits per heavy atom. The van der Waals surface area contributed by atoms with Crippen molar-refractivity contribution in [3.05, 3.63) is 102 Å². The van der Waals surface area contributed by atoms with E-state index in [-0.39, 0.29) is 10.8 Å². The molecule has 0 spiro atoms. The summed E-state index contributed by atoms with van der Waals surface area (Å²) in [7, 11) is 1.91. The lowest BCUT2D eigenvalue weighted by atomic mass is 9.80. The van der Waals surface area contributed by atoms with Crippen molar-refractivity contribution in [2.75, 3.05) is 0 Å². The summed E-state index contributed by atoms with van der Waals surface area (Å²) in [6.45, 7) is 8.65. The Labute approximate surface area is 225 Å². The topological polar surface area (TPSA) is 21.7 Å². The van der Waals surface area contributed by atoms with Gasteiger partial charge < -0.3 is 4.57 Å². The summed E-state index contributed by atoms with van der Waals surface area (Å²) in [5, 5.41) is 2.42. The van der Waals surface area contributed by atoms with Gasteiger partial charge in [-0.2, -0.15) is 13.2 Å². The molecule has 0 aliphatic carbocycles. The average Bonchev–Trinajstić information content (AvgIpc) is 3.23. The smallest absolute Gasteiger partial charge is 0.302 e. The summed E-state index contributed by atoms with van der Waals surface area (Å²) in [5.74, 6) is 0. The molecule has 0 radical (unpaired) electrons. The highest BCUT2D eigenvalue weighted by atomic mass is 19.4. The Kier molecular flexibility index (Phi) is 5.58. The maximum atomic E-state index is 14.3. The molecule has 2 heterocycles. The van der Waals surface area contributed by atoms with Crippen LogP contribution in [0.1, 0.15) is 37.5 Å². The summed E-state index contributed by atoms with van der Waals surface area (Å²) in [6, 6.07) is 24.5. The molecule has 0 saturated carbocycles. The first-order valence-corrected chi connectivity index (χ1v) is 13.0. The van der Waals surface area contributed by atoms with Gasteiger partial charge in [0.05, 0.1) is 23.5 Å². The van der Waals surface area contributed by atoms with Crippen molar-refractivity contribution >= 4 is 32.7 Å². The zero-order chi connectivity index (χ0) is 27.7. The second-order valence-electron chi connectivity index (χ2n) is 11.2. The molecule has 6 heteroatoms. The largest absolute Gasteiger partial charge is 0.417 e. The highest BCUT2D eigenvalue weighted by Gasteiger charge is 2.37. The first kappa shape index (κ1) is 25.1. The van der Waals surface area contributed by atoms with E-state index < -0.39 is 11.7 Å². The minimum Gasteiger partial charge on any atom is -0.302 e. The molecule has 6 aromatic rings. The lowest BCUT2D eigenvalue weighted by Gasteiger charge is -2.24. The predicted molar refractivity (Wildman–Crippen MR) is 151 cm³/mol. The SMILES string of the molecule is Cc1c(-c2c3c(nc[n+]2C)c2c(C(F)(F)F)cccc2n3-c2ccccc2)cc(C(C)(C)C)c2ccccc12. The van der Waals surface area contributed by atoms with Crippen LogP contribution in [-0.4, -0.2) is 9.55 Å². The van der Waals surface area contributed by atoms with Gasteiger partial charge in [0.25, 0.3) is 6.33 Å². The van der Waals surface area contributed by atoms with E-state index in [1.165, 1.54) is 17.0 Å². The maximum absolute atomic E-state index is 14.3. The van der Waals surface area contributed by atoms with Crippen molar-refractivity contribution in [2.45, 2.75) is 39.3 Å². The van der Waals surface area contributed by atoms with Gasteiger partial charge in [-0.05, 0) is 69.6 Å². The number of halogens is 3. The van der Waals surface area contributed by atoms with E-state index in [4.69, 9.17) is 0 Å². The monoisotopic (exact) mass is 524 g/mol. The zero-order valence-electron chi connectivity index (χ0n) is 22.6. The van der Waals surface area contributed by atoms with E-state index in [1.54, 1.807) is 12.4 Å². The summed E-state index contributed by atoms with van der Waals surface area (Å²) in [5.41, 5.74) is 5.45. The van der Waals surface area contributed by atoms with E-state index >= 15 is 0 Å². The molecule has 0 amide bonds. The lowest BCUT2D eigenvalue weighted by Crippen LogP contribution is -2.32. The van der Waals surface area contributed by atoms with Crippen molar-refractivity contribution in [3.8, 4) is 16.9 Å². The number of aromatic nitrogens is 3. The Morgan fingerprint density at radius 1 is 0.795 bits per heavy atom. The number of nitrogens with zero attached hydrogens (tertiary/aromatic N) is 3. The van der Waals surface area contributed by atoms with Crippen LogP contribution in [0, 0.1) is 6.92 Å². The van der Waals surface area contributed by atoms with E-state index in [2.05, 4.69) is 50.9 Å². The van der Waals surface area contributed by atoms with Gasteiger partial charge in [0.2, 0.25) is 5.52 Å². The number of hydrogen-bond acceptors (Lipinski definition) is 1. The number of alkyl halides is 3. The second kappa shape index (κ2) is 8.67. The molecular weight excluding hydrogens is 495 g/mol. The van der Waals surface area contributed by atoms with Gasteiger partial charge in [-0.15, -0.1) is 0 Å². The molecule has 6 rings (SSSR count). The number of hydrogen-bond donors (Lipinski definition) is 0. The Bertz CT molecular complexity index is 1890. The Hall–Kier alpha value is -4.19. The molecule has 0 atom stereocenters. The van der Waals surface area contributed by atoms with E-state index in [9.17, 15) is 13.2 Å². The number of benzene rings is 4. The molecule has 3 nitrogen and oxygen atoms in total. The average molecular weight is 525 g/mol. The van der Waals surface area contributed by atoms with E-state index in [0.717, 1.165) is 34.0 Å². The molecule has 2 aromatic heterocycles. The summed E-state index contributed by atoms with van der Waals surface area (Å²) in [4.78, 5) is 4.62. The Balaban J connectivity index is 1.87. The molecule has 39 heavy (non-hydrogen) atoms. The molecule has 0 unspecified atom stereocenters. The molecule has 0 saturated heterocycles. The highest BCUT2D eigenvalue weighted by molar-refractivity contribution is 6.12. The summed E-state index contributed by atoms with van der Waals surface area (Å²) >= 11 is 0. The summed E-state index contributed by atoms with van der Waals surface area (Å²) in [6.07, 6.45) is -2.89. The number of fused-ring (bicyclic) bond motifs is 4. The minimum absolute atomic E-state index is 0.111. The first-order valence-electron chi connectivity index (χ1n) is 13.0. The molecule has 0 bridgehead atoms. The molecule has 0 aliphatic rings. The van der Waals surface area contributed by atoms with Crippen LogP contribution < -0.4 is 4.57 Å². The van der Waals surface area contributed by atoms with Gasteiger partial charge >= 0.3 is 6.18 Å². The standard InChI is InChI=1S/C33H29F3N3/c1-20-22-14-9-10-15-23(22)26(32(2,3)4)18-24(20)30-31-29(37-19-38(30)5)28-25(33(34,35)36)16-11-17-27(28)39(31)21-12-7-6-8-13-21/h6-19H,1-5H3/q+1. The third-order valence-corrected chi connectivity index (χ3v) is 7.60. The highest BCUT2D eigenvalue weighted by Crippen LogP contribution is 2.44. The fraction of sp³-hybridized carbons (Fsp3) is 0.212. The molecule has 4 aromatic carbocycles. The van der Waals surface area contributed by atoms with Crippen molar-refractivity contribution in [2.24, 2.45) is 7.05 Å². The predicted octanol–water partition coefficient (Wildman–Crippen LogP) is 8.45. The normalized spacial score (nSPS) is 12.6. The minimum atomic E-state index is -4.52. The van der Waals surface area contributed by atoms with E-state index in [0.29, 0.717) is 16.6 Å². The first-order chi connectivity index (χ1) is 18.5. The number of rotatable bonds is 2. The van der Waals surface area contributed by atoms with Crippen LogP contribution in [0.2, 0.25) is 0 Å². The van der Waals surface area contributed by atoms with Crippen molar-refractivity contribution in [1.29, 1.82) is 0 Å². The van der Waals surface area contributed by atoms with Gasteiger partial charge in [0.1, 0.15) is 5.52 Å². The molecule has 196 valence electrons. The van der Waals surface area contributed by atoms with Gasteiger partial charge in [0.15, 0.2) is 5.69 Å². The van der Waals surface area contributed by atoms with E-state index in [1.807, 2.05) is 58.6 Å². The van der Waals surface area contributed by atoms with Gasteiger partial charge in [-0.1, -0.05) is 69.3 Å². The number of aryl methyl sites for hydroxylation is 2. The molecular formula is C33H29F3N3+. The van der Waals surface area contributed by atoms with Crippen molar-refractivity contribution < 1.29 is 17.7 Å². The van der Waals surface area contributed by atoms with Crippen LogP contribution >= 0.6 is 0 Å². The molecule has 0 fully saturated rings. The third-order valence-electron chi connectivity index (χ3n) is 7.60.